The monoisotopic (exact) mass is 489 g/mol. The molecule has 0 radical (unpaired) electrons. The van der Waals surface area contributed by atoms with E-state index in [0.717, 1.165) is 36.2 Å². The topological polar surface area (TPSA) is 127 Å². The summed E-state index contributed by atoms with van der Waals surface area (Å²) in [6.07, 6.45) is 6.06. The van der Waals surface area contributed by atoms with E-state index in [1.54, 1.807) is 6.07 Å². The smallest absolute Gasteiger partial charge is 0.239 e. The number of carbonyl (C=O) groups is 1. The summed E-state index contributed by atoms with van der Waals surface area (Å²) in [4.78, 5) is 26.7. The lowest BCUT2D eigenvalue weighted by molar-refractivity contribution is -0.118. The van der Waals surface area contributed by atoms with Gasteiger partial charge in [0, 0.05) is 12.1 Å². The third-order valence-electron chi connectivity index (χ3n) is 6.76. The van der Waals surface area contributed by atoms with Gasteiger partial charge in [-0.2, -0.15) is 0 Å². The number of anilines is 1. The summed E-state index contributed by atoms with van der Waals surface area (Å²) in [6.45, 7) is 4.10. The predicted molar refractivity (Wildman–Crippen MR) is 128 cm³/mol. The van der Waals surface area contributed by atoms with E-state index in [-0.39, 0.29) is 34.9 Å². The number of hydrogen-bond donors (Lipinski definition) is 2. The number of aryl methyl sites for hydroxylation is 1. The molecule has 1 saturated carbocycles. The van der Waals surface area contributed by atoms with Crippen molar-refractivity contribution in [2.75, 3.05) is 5.32 Å². The molecule has 2 unspecified atom stereocenters. The van der Waals surface area contributed by atoms with Gasteiger partial charge in [-0.15, -0.1) is 0 Å². The van der Waals surface area contributed by atoms with Gasteiger partial charge in [-0.25, -0.2) is 18.5 Å². The van der Waals surface area contributed by atoms with Gasteiger partial charge in [0.2, 0.25) is 15.8 Å². The Morgan fingerprint density at radius 3 is 2.64 bits per heavy atom. The van der Waals surface area contributed by atoms with Gasteiger partial charge < -0.3 is 5.32 Å². The molecule has 1 fully saturated rings. The minimum Gasteiger partial charge on any atom is -0.336 e. The summed E-state index contributed by atoms with van der Waals surface area (Å²) in [6, 6.07) is 4.89. The number of primary sulfonamides is 1. The first kappa shape index (κ1) is 23.8. The van der Waals surface area contributed by atoms with Crippen LogP contribution in [-0.4, -0.2) is 30.0 Å². The molecule has 0 aromatic carbocycles. The van der Waals surface area contributed by atoms with Crippen LogP contribution >= 0.6 is 11.6 Å². The van der Waals surface area contributed by atoms with E-state index in [9.17, 15) is 13.2 Å². The zero-order valence-electron chi connectivity index (χ0n) is 18.7. The van der Waals surface area contributed by atoms with Crippen molar-refractivity contribution in [2.45, 2.75) is 57.4 Å². The van der Waals surface area contributed by atoms with Crippen molar-refractivity contribution in [3.63, 3.8) is 0 Å². The van der Waals surface area contributed by atoms with Crippen molar-refractivity contribution in [2.24, 2.45) is 27.9 Å². The van der Waals surface area contributed by atoms with Gasteiger partial charge in [-0.05, 0) is 48.4 Å². The molecule has 1 aliphatic carbocycles. The maximum Gasteiger partial charge on any atom is 0.239 e. The van der Waals surface area contributed by atoms with Crippen molar-refractivity contribution in [1.29, 1.82) is 0 Å². The molecule has 0 spiro atoms. The van der Waals surface area contributed by atoms with Gasteiger partial charge in [-0.1, -0.05) is 44.7 Å². The lowest BCUT2D eigenvalue weighted by Crippen LogP contribution is -2.40. The molecular formula is C23H28ClN5O3S. The van der Waals surface area contributed by atoms with Crippen molar-refractivity contribution < 1.29 is 13.2 Å². The van der Waals surface area contributed by atoms with E-state index in [1.165, 1.54) is 18.7 Å². The molecule has 0 saturated heterocycles. The number of pyridine rings is 2. The Bertz CT molecular complexity index is 1190. The van der Waals surface area contributed by atoms with Crippen molar-refractivity contribution in [3.8, 4) is 0 Å². The van der Waals surface area contributed by atoms with Gasteiger partial charge in [0.25, 0.3) is 0 Å². The van der Waals surface area contributed by atoms with Crippen molar-refractivity contribution >= 4 is 38.9 Å². The van der Waals surface area contributed by atoms with Gasteiger partial charge in [0.1, 0.15) is 10.0 Å². The minimum absolute atomic E-state index is 0.0355. The molecule has 2 aliphatic rings. The first-order valence-electron chi connectivity index (χ1n) is 11.2. The summed E-state index contributed by atoms with van der Waals surface area (Å²) >= 11 is 6.42. The highest BCUT2D eigenvalue weighted by molar-refractivity contribution is 7.89. The van der Waals surface area contributed by atoms with Crippen LogP contribution in [0.4, 0.5) is 5.69 Å². The number of nitrogens with zero attached hydrogens (tertiary/aromatic N) is 3. The first-order chi connectivity index (χ1) is 15.7. The van der Waals surface area contributed by atoms with Crippen LogP contribution in [0.3, 0.4) is 0 Å². The van der Waals surface area contributed by atoms with E-state index in [0.29, 0.717) is 23.2 Å². The summed E-state index contributed by atoms with van der Waals surface area (Å²) in [5.41, 5.74) is 3.05. The van der Waals surface area contributed by atoms with Crippen LogP contribution in [0.1, 0.15) is 50.1 Å². The summed E-state index contributed by atoms with van der Waals surface area (Å²) in [7, 11) is -3.82. The Morgan fingerprint density at radius 1 is 1.30 bits per heavy atom. The second kappa shape index (κ2) is 9.48. The van der Waals surface area contributed by atoms with E-state index in [4.69, 9.17) is 16.7 Å². The van der Waals surface area contributed by atoms with E-state index >= 15 is 0 Å². The normalized spacial score (nSPS) is 22.8. The van der Waals surface area contributed by atoms with Gasteiger partial charge >= 0.3 is 0 Å². The van der Waals surface area contributed by atoms with Crippen LogP contribution in [0.15, 0.2) is 34.3 Å². The molecule has 8 nitrogen and oxygen atoms in total. The molecular weight excluding hydrogens is 462 g/mol. The van der Waals surface area contributed by atoms with Crippen LogP contribution in [0.25, 0.3) is 0 Å². The number of halogens is 1. The molecule has 0 bridgehead atoms. The largest absolute Gasteiger partial charge is 0.336 e. The molecule has 3 heterocycles. The summed E-state index contributed by atoms with van der Waals surface area (Å²) in [5.74, 6) is 0.692. The van der Waals surface area contributed by atoms with Gasteiger partial charge in [0.15, 0.2) is 5.84 Å². The van der Waals surface area contributed by atoms with Gasteiger partial charge in [0.05, 0.1) is 23.6 Å². The lowest BCUT2D eigenvalue weighted by Gasteiger charge is -2.38. The molecule has 2 aromatic heterocycles. The Labute approximate surface area is 199 Å². The third-order valence-corrected chi connectivity index (χ3v) is 7.99. The maximum absolute atomic E-state index is 13.4. The number of amidine groups is 1. The molecule has 176 valence electrons. The fraction of sp³-hybridized carbons (Fsp3) is 0.478. The number of carbonyl (C=O) groups excluding carboxylic acids is 1. The molecule has 4 rings (SSSR count). The number of rotatable bonds is 5. The molecule has 10 heteroatoms. The second-order valence-electron chi connectivity index (χ2n) is 8.82. The van der Waals surface area contributed by atoms with Crippen LogP contribution in [0.5, 0.6) is 0 Å². The third kappa shape index (κ3) is 5.10. The maximum atomic E-state index is 13.4. The average molecular weight is 490 g/mol. The van der Waals surface area contributed by atoms with E-state index in [1.807, 2.05) is 19.9 Å². The highest BCUT2D eigenvalue weighted by Gasteiger charge is 2.38. The zero-order valence-corrected chi connectivity index (χ0v) is 20.3. The molecule has 2 atom stereocenters. The quantitative estimate of drug-likeness (QED) is 0.618. The molecule has 0 amide bonds. The number of hydrogen-bond acceptors (Lipinski definition) is 6. The van der Waals surface area contributed by atoms with Crippen molar-refractivity contribution in [3.05, 3.63) is 46.5 Å². The van der Waals surface area contributed by atoms with E-state index in [2.05, 4.69) is 20.3 Å². The number of aromatic nitrogens is 2. The molecule has 3 N–H and O–H groups in total. The number of Topliss-reactive ketones (excluding diaryl/α,β-unsaturated/α-hetero) is 1. The standard InChI is InChI=1S/C23H28ClN5O3S/c1-3-14-9-19-20(28-22(14)24)10-18(15-5-4-6-15)13(2)21(30)23(29-19)27-11-16-7-8-17(12-26-16)33(25,31)32/h7-9,12-13,15,18H,3-6,10-11H2,1-2H3,(H,27,29)(H2,25,31,32). The summed E-state index contributed by atoms with van der Waals surface area (Å²) in [5, 5.41) is 8.85. The number of nitrogens with one attached hydrogen (secondary N) is 1. The number of ketones is 1. The predicted octanol–water partition coefficient (Wildman–Crippen LogP) is 3.53. The Balaban J connectivity index is 1.68. The number of sulfonamides is 1. The lowest BCUT2D eigenvalue weighted by atomic mass is 9.67. The van der Waals surface area contributed by atoms with Gasteiger partial charge in [-0.3, -0.25) is 14.8 Å². The molecule has 33 heavy (non-hydrogen) atoms. The highest BCUT2D eigenvalue weighted by atomic mass is 35.5. The van der Waals surface area contributed by atoms with Crippen LogP contribution < -0.4 is 10.5 Å². The zero-order chi connectivity index (χ0) is 23.8. The van der Waals surface area contributed by atoms with E-state index < -0.39 is 10.0 Å². The number of aliphatic imine (C=N–C) groups is 1. The van der Waals surface area contributed by atoms with Crippen LogP contribution in [-0.2, 0) is 34.2 Å². The summed E-state index contributed by atoms with van der Waals surface area (Å²) < 4.78 is 22.9. The van der Waals surface area contributed by atoms with Crippen LogP contribution in [0.2, 0.25) is 5.15 Å². The number of fused-ring (bicyclic) bond motifs is 1. The van der Waals surface area contributed by atoms with Crippen molar-refractivity contribution in [1.82, 2.24) is 9.97 Å². The second-order valence-corrected chi connectivity index (χ2v) is 10.7. The highest BCUT2D eigenvalue weighted by Crippen LogP contribution is 2.41. The fourth-order valence-corrected chi connectivity index (χ4v) is 5.22. The first-order valence-corrected chi connectivity index (χ1v) is 13.1. The molecule has 2 aromatic rings. The minimum atomic E-state index is -3.82. The fourth-order valence-electron chi connectivity index (χ4n) is 4.47. The Kier molecular flexibility index (Phi) is 6.83. The molecule has 1 aliphatic heterocycles. The Morgan fingerprint density at radius 2 is 2.06 bits per heavy atom. The Hall–Kier alpha value is -2.36. The van der Waals surface area contributed by atoms with Crippen LogP contribution in [0, 0.1) is 17.8 Å². The SMILES string of the molecule is CCc1cc2c(nc1Cl)CC(C1CCC1)C(C)C(=O)C(=NCc1ccc(S(N)(=O)=O)cn1)N2. The number of nitrogens with two attached hydrogens (primary N) is 1. The average Bonchev–Trinajstić information content (AvgIpc) is 2.74.